The second-order valence-corrected chi connectivity index (χ2v) is 47.4. The lowest BCUT2D eigenvalue weighted by Crippen LogP contribution is -2.77. The van der Waals surface area contributed by atoms with Crippen molar-refractivity contribution in [1.29, 1.82) is 0 Å². The van der Waals surface area contributed by atoms with Gasteiger partial charge in [-0.1, -0.05) is 74.6 Å². The maximum absolute atomic E-state index is 13.7. The molecule has 0 radical (unpaired) electrons. The van der Waals surface area contributed by atoms with Crippen LogP contribution >= 0.6 is 0 Å². The number of rotatable bonds is 12. The van der Waals surface area contributed by atoms with E-state index in [0.29, 0.717) is 148 Å². The van der Waals surface area contributed by atoms with Gasteiger partial charge in [-0.2, -0.15) is 13.2 Å². The molecule has 29 rings (SSSR count). The van der Waals surface area contributed by atoms with E-state index in [1.807, 2.05) is 30.3 Å². The number of benzene rings is 5. The number of nitrogens with zero attached hydrogens (tertiary/aromatic N) is 7. The molecule has 10 bridgehead atoms. The molecular formula is C109H131F3N8O20S. The quantitative estimate of drug-likeness (QED) is 0.0314. The predicted octanol–water partition coefficient (Wildman–Crippen LogP) is 11.1. The third-order valence-corrected chi connectivity index (χ3v) is 41.4. The number of carbonyl (C=O) groups is 3. The van der Waals surface area contributed by atoms with Crippen LogP contribution < -0.4 is 24.3 Å². The summed E-state index contributed by atoms with van der Waals surface area (Å²) in [6, 6.07) is 17.9. The summed E-state index contributed by atoms with van der Waals surface area (Å²) in [5, 5.41) is 117. The van der Waals surface area contributed by atoms with Gasteiger partial charge in [-0.05, 0) is 299 Å². The number of phenolic OH excluding ortho intramolecular Hbond substituents is 2. The molecule has 754 valence electrons. The Kier molecular flexibility index (Phi) is 22.9. The van der Waals surface area contributed by atoms with E-state index in [9.17, 15) is 78.6 Å². The number of aliphatic hydroxyl groups excluding tert-OH is 3. The first-order valence-corrected chi connectivity index (χ1v) is 53.7. The molecule has 28 nitrogen and oxygen atoms in total. The number of carbonyl (C=O) groups excluding carboxylic acids is 3. The molecule has 5 saturated heterocycles. The van der Waals surface area contributed by atoms with E-state index >= 15 is 0 Å². The van der Waals surface area contributed by atoms with Crippen molar-refractivity contribution in [1.82, 2.24) is 24.5 Å². The number of anilines is 1. The zero-order valence-electron chi connectivity index (χ0n) is 79.9. The van der Waals surface area contributed by atoms with Crippen molar-refractivity contribution in [3.8, 4) is 34.5 Å². The molecule has 15 aliphatic carbocycles. The number of hydrogen-bond acceptors (Lipinski definition) is 25. The lowest BCUT2D eigenvalue weighted by atomic mass is 9.48. The molecular weight excluding hydrogens is 1830 g/mol. The van der Waals surface area contributed by atoms with Crippen LogP contribution in [-0.4, -0.2) is 273 Å². The summed E-state index contributed by atoms with van der Waals surface area (Å²) in [5.41, 5.74) is 1.79. The monoisotopic (exact) mass is 1960 g/mol. The van der Waals surface area contributed by atoms with E-state index in [1.54, 1.807) is 18.2 Å². The molecule has 11 N–H and O–H groups in total. The van der Waals surface area contributed by atoms with Crippen molar-refractivity contribution in [3.05, 3.63) is 145 Å². The summed E-state index contributed by atoms with van der Waals surface area (Å²) >= 11 is 0. The van der Waals surface area contributed by atoms with E-state index < -0.39 is 120 Å². The number of alkyl halides is 3. The van der Waals surface area contributed by atoms with Crippen LogP contribution in [0.1, 0.15) is 260 Å². The summed E-state index contributed by atoms with van der Waals surface area (Å²) in [7, 11) is -3.11. The van der Waals surface area contributed by atoms with Gasteiger partial charge in [0.1, 0.15) is 47.1 Å². The number of Topliss-reactive ketones (excluding diaryl/α,β-unsaturated/α-hetero) is 2. The number of likely N-dealkylation sites (tertiary alicyclic amines) is 5. The van der Waals surface area contributed by atoms with Crippen LogP contribution in [0.3, 0.4) is 0 Å². The second-order valence-electron chi connectivity index (χ2n) is 47.0. The third-order valence-electron chi connectivity index (χ3n) is 41.4. The van der Waals surface area contributed by atoms with Gasteiger partial charge in [0.25, 0.3) is 0 Å². The third kappa shape index (κ3) is 13.4. The maximum atomic E-state index is 13.7. The number of nitrogens with one attached hydrogen (secondary N) is 1. The smallest absolute Gasteiger partial charge is 0.425 e. The zero-order chi connectivity index (χ0) is 97.7. The number of halogens is 3. The Morgan fingerprint density at radius 2 is 0.759 bits per heavy atom. The molecule has 9 aliphatic heterocycles. The Morgan fingerprint density at radius 3 is 1.17 bits per heavy atom. The fraction of sp³-hybridized carbons (Fsp3) is 0.679. The molecule has 22 atom stereocenters. The summed E-state index contributed by atoms with van der Waals surface area (Å²) in [5.74, 6) is 5.64. The molecule has 0 aromatic heterocycles. The zero-order valence-corrected chi connectivity index (χ0v) is 80.7. The minimum absolute atomic E-state index is 0.0172. The van der Waals surface area contributed by atoms with Gasteiger partial charge in [-0.15, -0.1) is 12.6 Å². The van der Waals surface area contributed by atoms with Crippen LogP contribution in [0.15, 0.2) is 60.7 Å². The number of amides is 1. The molecule has 1 amide bonds. The lowest BCUT2D eigenvalue weighted by Gasteiger charge is -2.64. The number of ketones is 2. The average molecular weight is 1960 g/mol. The molecule has 10 saturated carbocycles. The van der Waals surface area contributed by atoms with Gasteiger partial charge in [0.2, 0.25) is 17.8 Å². The van der Waals surface area contributed by atoms with Crippen LogP contribution in [0, 0.1) is 42.7 Å². The van der Waals surface area contributed by atoms with E-state index in [4.69, 9.17) is 44.7 Å². The second kappa shape index (κ2) is 34.1. The van der Waals surface area contributed by atoms with Gasteiger partial charge < -0.3 is 75.3 Å². The van der Waals surface area contributed by atoms with Gasteiger partial charge in [-0.25, -0.2) is 9.69 Å². The van der Waals surface area contributed by atoms with E-state index in [1.165, 1.54) is 113 Å². The number of fused-ring (bicyclic) bond motifs is 1. The number of aromatic hydroxyl groups is 2. The highest BCUT2D eigenvalue weighted by molar-refractivity contribution is 7.59. The normalized spacial score (nSPS) is 39.1. The minimum Gasteiger partial charge on any atom is -0.505 e. The molecule has 4 spiro atoms. The fourth-order valence-corrected chi connectivity index (χ4v) is 34.0. The summed E-state index contributed by atoms with van der Waals surface area (Å²) in [6.45, 7) is 24.6. The molecule has 9 heterocycles. The maximum Gasteiger partial charge on any atom is 0.425 e. The average Bonchev–Trinajstić information content (AvgIpc) is 0.766. The Morgan fingerprint density at radius 1 is 0.418 bits per heavy atom. The minimum atomic E-state index is -4.53. The van der Waals surface area contributed by atoms with Gasteiger partial charge >= 0.3 is 16.8 Å². The van der Waals surface area contributed by atoms with Crippen LogP contribution in [0.25, 0.3) is 9.69 Å². The predicted molar refractivity (Wildman–Crippen MR) is 507 cm³/mol. The van der Waals surface area contributed by atoms with Crippen LogP contribution in [0.2, 0.25) is 0 Å². The summed E-state index contributed by atoms with van der Waals surface area (Å²) < 4.78 is 91.0. The molecule has 15 fully saturated rings. The van der Waals surface area contributed by atoms with Crippen LogP contribution in [0.5, 0.6) is 34.5 Å². The highest BCUT2D eigenvalue weighted by Crippen LogP contribution is 2.72. The number of hydrogen-bond donors (Lipinski definition) is 11. The summed E-state index contributed by atoms with van der Waals surface area (Å²) in [6.07, 6.45) is 23.2. The fourth-order valence-electron chi connectivity index (χ4n) is 34.0. The van der Waals surface area contributed by atoms with E-state index in [0.717, 1.165) is 162 Å². The van der Waals surface area contributed by atoms with Crippen molar-refractivity contribution >= 4 is 45.6 Å². The van der Waals surface area contributed by atoms with Crippen LogP contribution in [-0.2, 0) is 90.3 Å². The molecule has 141 heavy (non-hydrogen) atoms. The number of piperidine rings is 5. The standard InChI is InChI=1S/C22H26F3NO3.C22H28N2O4.C22H26N2O3.C22H24N2O3.C21H27NO4.O3S/c23-22(24,25)14-5-4-13-10-16-21(28)7-6-15(27)19-20(21,17(13)18(14)29-19)8-9-26(16)11-12-2-1-3-12;25-13-23-17-5-4-15-10-18-22(28)7-6-16(26)11-21(22,19(15)20(17)27)8-9-24(18)12-14-2-1-3-14;2*1-23-15-6-5-14-11-17-22(26)8-7-16(25)20-21(22,18(14)19(15)27-20)9-10-24(17)12-13-3-2-4-13;23-14-5-4-13-10-16-21(25)7-6-15(24)19-20(21,17(13)18(14)26-19)8-9-22(16)11-12-2-1-3-12;1-4(2)3/h4-5,12,15-16,19,27-28H,1-3,6-11H2;4-5,13-14,18,27-28H,1-3,6-12H2,(H,23,25);5-6,13,16-17,20,25-26H,2-4,7-12H2;5-6,13,17,20,26H,2-4,7-12H2;4-5,12,15-16,19,23-25H,1-3,6-11H2;/t15-,16+,19-,20-,21+;18-,21-,22-;16-,17+,20-,21-,22+;17-,20+,21+,22-;15-,16+,19-,20-,21+;/m01010./s1. The topological polar surface area (TPSA) is 379 Å². The van der Waals surface area contributed by atoms with Gasteiger partial charge in [-0.3, -0.25) is 38.9 Å². The highest BCUT2D eigenvalue weighted by atomic mass is 32.2. The Hall–Kier alpha value is -8.42. The number of ether oxygens (including phenoxy) is 4. The van der Waals surface area contributed by atoms with Gasteiger partial charge in [0, 0.05) is 104 Å². The first-order chi connectivity index (χ1) is 67.7. The first-order valence-electron chi connectivity index (χ1n) is 52.7. The molecule has 5 aromatic rings. The van der Waals surface area contributed by atoms with Gasteiger partial charge in [0.05, 0.1) is 92.4 Å². The van der Waals surface area contributed by atoms with Crippen molar-refractivity contribution < 1.29 is 110 Å². The molecule has 0 unspecified atom stereocenters. The number of phenols is 2. The van der Waals surface area contributed by atoms with E-state index in [2.05, 4.69) is 45.6 Å². The first kappa shape index (κ1) is 94.8. The van der Waals surface area contributed by atoms with Crippen molar-refractivity contribution in [2.45, 2.75) is 365 Å². The molecule has 32 heteroatoms. The SMILES string of the molecule is O=CNc1ccc2c(c1O)[C@]13CCN(CC4CCC4)[C@H](C2)[C@]1(O)CCC(=O)C3.O=S(=O)=O.O[C@H]1CC[C@@]2(O)[C@H]3Cc4ccc(C(F)(F)F)c5c4[C@@]2(CCN3CC2CCC2)[C@H]1O5.Oc1ccc2c3c1O[C@H]1[C@@H](O)CC[C@@]4(O)[C@@H](C2)N(CC2CCC2)CC[C@]314.[C-]#[N+]c1ccc2c3c1O[C@H]1C(=O)CC[C@@]4(O)[C@@H](C2)N(CC2CCC2)CC[C@]314.[C-]#[N+]c1ccc2c3c1O[C@H]1[C@@H](O)CC[C@@]4(O)[C@@H](C2)N(CC2CCC2)CC[C@]314. The van der Waals surface area contributed by atoms with Crippen molar-refractivity contribution in [2.75, 3.05) is 70.8 Å². The van der Waals surface area contributed by atoms with Crippen molar-refractivity contribution in [3.63, 3.8) is 0 Å². The molecule has 24 aliphatic rings. The molecule has 5 aromatic carbocycles. The Balaban J connectivity index is 0.0000000944. The lowest BCUT2D eigenvalue weighted by molar-refractivity contribution is -0.210. The highest BCUT2D eigenvalue weighted by Gasteiger charge is 2.79. The summed E-state index contributed by atoms with van der Waals surface area (Å²) in [4.78, 5) is 56.0. The number of aliphatic hydroxyl groups is 8. The van der Waals surface area contributed by atoms with Crippen LogP contribution in [0.4, 0.5) is 30.2 Å². The Bertz CT molecular complexity index is 6140. The van der Waals surface area contributed by atoms with Crippen molar-refractivity contribution in [2.24, 2.45) is 29.6 Å². The Labute approximate surface area is 820 Å². The van der Waals surface area contributed by atoms with Gasteiger partial charge in [0.15, 0.2) is 23.4 Å². The van der Waals surface area contributed by atoms with E-state index in [-0.39, 0.29) is 65.4 Å². The largest absolute Gasteiger partial charge is 0.505 e.